The molecule has 17 heavy (non-hydrogen) atoms. The lowest BCUT2D eigenvalue weighted by Gasteiger charge is -2.24. The summed E-state index contributed by atoms with van der Waals surface area (Å²) in [6.07, 6.45) is 0. The first kappa shape index (κ1) is 13.9. The first-order valence-electron chi connectivity index (χ1n) is 6.07. The maximum atomic E-state index is 12.5. The molecule has 0 aliphatic carbocycles. The van der Waals surface area contributed by atoms with E-state index in [-0.39, 0.29) is 11.2 Å². The predicted octanol–water partition coefficient (Wildman–Crippen LogP) is 3.04. The monoisotopic (exact) mass is 233 g/mol. The minimum atomic E-state index is -0.360. The third kappa shape index (κ3) is 2.95. The van der Waals surface area contributed by atoms with Crippen LogP contribution in [-0.4, -0.2) is 19.4 Å². The first-order valence-corrected chi connectivity index (χ1v) is 6.07. The SMILES string of the molecule is CNCC(C)(C)C(=O)c1cc(C)c(C)cc1C. The Hall–Kier alpha value is -1.15. The molecule has 0 aliphatic rings. The summed E-state index contributed by atoms with van der Waals surface area (Å²) in [5.41, 5.74) is 3.99. The average Bonchev–Trinajstić information content (AvgIpc) is 2.22. The van der Waals surface area contributed by atoms with Crippen molar-refractivity contribution in [1.82, 2.24) is 5.32 Å². The summed E-state index contributed by atoms with van der Waals surface area (Å²) in [6, 6.07) is 4.11. The summed E-state index contributed by atoms with van der Waals surface area (Å²) in [6.45, 7) is 10.8. The first-order chi connectivity index (χ1) is 7.79. The van der Waals surface area contributed by atoms with E-state index in [1.54, 1.807) is 0 Å². The van der Waals surface area contributed by atoms with Crippen molar-refractivity contribution in [2.75, 3.05) is 13.6 Å². The van der Waals surface area contributed by atoms with Crippen molar-refractivity contribution >= 4 is 5.78 Å². The number of rotatable bonds is 4. The molecule has 0 radical (unpaired) electrons. The minimum absolute atomic E-state index is 0.215. The molecule has 0 spiro atoms. The third-order valence-corrected chi connectivity index (χ3v) is 3.32. The molecule has 0 bridgehead atoms. The molecule has 1 aromatic rings. The van der Waals surface area contributed by atoms with Gasteiger partial charge in [0, 0.05) is 17.5 Å². The van der Waals surface area contributed by atoms with Crippen molar-refractivity contribution in [1.29, 1.82) is 0 Å². The second-order valence-electron chi connectivity index (χ2n) is 5.49. The number of Topliss-reactive ketones (excluding diaryl/α,β-unsaturated/α-hetero) is 1. The van der Waals surface area contributed by atoms with Gasteiger partial charge in [0.05, 0.1) is 0 Å². The van der Waals surface area contributed by atoms with Crippen LogP contribution >= 0.6 is 0 Å². The molecule has 2 nitrogen and oxygen atoms in total. The summed E-state index contributed by atoms with van der Waals surface area (Å²) in [7, 11) is 1.88. The Morgan fingerprint density at radius 1 is 1.12 bits per heavy atom. The minimum Gasteiger partial charge on any atom is -0.319 e. The number of hydrogen-bond acceptors (Lipinski definition) is 2. The van der Waals surface area contributed by atoms with Crippen molar-refractivity contribution in [2.45, 2.75) is 34.6 Å². The van der Waals surface area contributed by atoms with Crippen LogP contribution in [0.3, 0.4) is 0 Å². The lowest BCUT2D eigenvalue weighted by molar-refractivity contribution is 0.0838. The van der Waals surface area contributed by atoms with E-state index in [0.29, 0.717) is 6.54 Å². The summed E-state index contributed by atoms with van der Waals surface area (Å²) in [5.74, 6) is 0.215. The van der Waals surface area contributed by atoms with Gasteiger partial charge < -0.3 is 5.32 Å². The second kappa shape index (κ2) is 5.01. The van der Waals surface area contributed by atoms with Crippen LogP contribution in [0.5, 0.6) is 0 Å². The summed E-state index contributed by atoms with van der Waals surface area (Å²) < 4.78 is 0. The van der Waals surface area contributed by atoms with Crippen LogP contribution in [0.1, 0.15) is 40.9 Å². The van der Waals surface area contributed by atoms with Gasteiger partial charge in [-0.2, -0.15) is 0 Å². The van der Waals surface area contributed by atoms with Gasteiger partial charge in [-0.05, 0) is 50.6 Å². The number of carbonyl (C=O) groups is 1. The maximum absolute atomic E-state index is 12.5. The summed E-state index contributed by atoms with van der Waals surface area (Å²) in [4.78, 5) is 12.5. The van der Waals surface area contributed by atoms with Crippen LogP contribution < -0.4 is 5.32 Å². The topological polar surface area (TPSA) is 29.1 Å². The fourth-order valence-corrected chi connectivity index (χ4v) is 2.09. The predicted molar refractivity (Wildman–Crippen MR) is 72.7 cm³/mol. The molecule has 0 fully saturated rings. The Kier molecular flexibility index (Phi) is 4.10. The molecular formula is C15H23NO. The Labute approximate surface area is 104 Å². The standard InChI is InChI=1S/C15H23NO/c1-10-7-12(3)13(8-11(10)2)14(17)15(4,5)9-16-6/h7-8,16H,9H2,1-6H3. The zero-order chi connectivity index (χ0) is 13.2. The molecule has 0 heterocycles. The second-order valence-corrected chi connectivity index (χ2v) is 5.49. The Morgan fingerprint density at radius 2 is 1.65 bits per heavy atom. The fourth-order valence-electron chi connectivity index (χ4n) is 2.09. The summed E-state index contributed by atoms with van der Waals surface area (Å²) in [5, 5.41) is 3.08. The fraction of sp³-hybridized carbons (Fsp3) is 0.533. The zero-order valence-corrected chi connectivity index (χ0v) is 11.8. The average molecular weight is 233 g/mol. The number of nitrogens with one attached hydrogen (secondary N) is 1. The van der Waals surface area contributed by atoms with Gasteiger partial charge in [0.1, 0.15) is 0 Å². The van der Waals surface area contributed by atoms with Crippen LogP contribution in [0, 0.1) is 26.2 Å². The van der Waals surface area contributed by atoms with Gasteiger partial charge >= 0.3 is 0 Å². The number of hydrogen-bond donors (Lipinski definition) is 1. The molecule has 0 atom stereocenters. The molecule has 0 aliphatic heterocycles. The van der Waals surface area contributed by atoms with Crippen molar-refractivity contribution in [3.05, 3.63) is 34.4 Å². The lowest BCUT2D eigenvalue weighted by Crippen LogP contribution is -2.35. The van der Waals surface area contributed by atoms with Crippen LogP contribution in [0.15, 0.2) is 12.1 Å². The molecule has 0 aromatic heterocycles. The number of benzene rings is 1. The molecule has 1 aromatic carbocycles. The zero-order valence-electron chi connectivity index (χ0n) is 11.8. The van der Waals surface area contributed by atoms with Gasteiger partial charge in [0.15, 0.2) is 5.78 Å². The van der Waals surface area contributed by atoms with E-state index in [1.807, 2.05) is 33.9 Å². The van der Waals surface area contributed by atoms with E-state index in [4.69, 9.17) is 0 Å². The van der Waals surface area contributed by atoms with E-state index < -0.39 is 0 Å². The van der Waals surface area contributed by atoms with Crippen LogP contribution in [0.4, 0.5) is 0 Å². The van der Waals surface area contributed by atoms with E-state index in [0.717, 1.165) is 11.1 Å². The van der Waals surface area contributed by atoms with E-state index in [2.05, 4.69) is 25.2 Å². The molecule has 1 rings (SSSR count). The van der Waals surface area contributed by atoms with Crippen LogP contribution in [0.25, 0.3) is 0 Å². The van der Waals surface area contributed by atoms with Gasteiger partial charge in [0.25, 0.3) is 0 Å². The van der Waals surface area contributed by atoms with Crippen molar-refractivity contribution in [3.63, 3.8) is 0 Å². The Bertz CT molecular complexity index is 433. The van der Waals surface area contributed by atoms with E-state index in [9.17, 15) is 4.79 Å². The normalized spacial score (nSPS) is 11.6. The smallest absolute Gasteiger partial charge is 0.169 e. The number of aryl methyl sites for hydroxylation is 3. The van der Waals surface area contributed by atoms with Gasteiger partial charge in [-0.15, -0.1) is 0 Å². The number of carbonyl (C=O) groups excluding carboxylic acids is 1. The van der Waals surface area contributed by atoms with Crippen LogP contribution in [0.2, 0.25) is 0 Å². The molecule has 0 amide bonds. The molecule has 0 saturated heterocycles. The highest BCUT2D eigenvalue weighted by atomic mass is 16.1. The quantitative estimate of drug-likeness (QED) is 0.810. The lowest BCUT2D eigenvalue weighted by atomic mass is 9.82. The van der Waals surface area contributed by atoms with Gasteiger partial charge in [-0.3, -0.25) is 4.79 Å². The van der Waals surface area contributed by atoms with Crippen LogP contribution in [-0.2, 0) is 0 Å². The summed E-state index contributed by atoms with van der Waals surface area (Å²) >= 11 is 0. The van der Waals surface area contributed by atoms with Gasteiger partial charge in [-0.25, -0.2) is 0 Å². The highest BCUT2D eigenvalue weighted by Crippen LogP contribution is 2.25. The van der Waals surface area contributed by atoms with Gasteiger partial charge in [-0.1, -0.05) is 19.9 Å². The van der Waals surface area contributed by atoms with Gasteiger partial charge in [0.2, 0.25) is 0 Å². The molecule has 0 unspecified atom stereocenters. The largest absolute Gasteiger partial charge is 0.319 e. The molecule has 94 valence electrons. The maximum Gasteiger partial charge on any atom is 0.169 e. The Morgan fingerprint density at radius 3 is 2.18 bits per heavy atom. The molecule has 1 N–H and O–H groups in total. The highest BCUT2D eigenvalue weighted by molar-refractivity contribution is 6.01. The van der Waals surface area contributed by atoms with E-state index >= 15 is 0 Å². The third-order valence-electron chi connectivity index (χ3n) is 3.32. The molecule has 2 heteroatoms. The molecular weight excluding hydrogens is 210 g/mol. The highest BCUT2D eigenvalue weighted by Gasteiger charge is 2.28. The molecule has 0 saturated carbocycles. The van der Waals surface area contributed by atoms with Crippen molar-refractivity contribution < 1.29 is 4.79 Å². The van der Waals surface area contributed by atoms with E-state index in [1.165, 1.54) is 11.1 Å². The van der Waals surface area contributed by atoms with Crippen molar-refractivity contribution in [3.8, 4) is 0 Å². The van der Waals surface area contributed by atoms with Crippen molar-refractivity contribution in [2.24, 2.45) is 5.41 Å². The Balaban J connectivity index is 3.17. The number of ketones is 1.